The molecule has 2 rings (SSSR count). The molecule has 0 aromatic heterocycles. The van der Waals surface area contributed by atoms with Crippen LogP contribution in [0.25, 0.3) is 0 Å². The quantitative estimate of drug-likeness (QED) is 0.829. The summed E-state index contributed by atoms with van der Waals surface area (Å²) in [5.41, 5.74) is 0. The van der Waals surface area contributed by atoms with Crippen LogP contribution in [0.15, 0.2) is 0 Å². The lowest BCUT2D eigenvalue weighted by atomic mass is 9.96. The van der Waals surface area contributed by atoms with E-state index in [2.05, 4.69) is 31.0 Å². The number of ether oxygens (including phenoxy) is 1. The molecule has 2 saturated heterocycles. The van der Waals surface area contributed by atoms with Crippen LogP contribution in [0.3, 0.4) is 0 Å². The van der Waals surface area contributed by atoms with Crippen molar-refractivity contribution in [2.75, 3.05) is 32.8 Å². The number of hydrogen-bond donors (Lipinski definition) is 1. The molecule has 0 radical (unpaired) electrons. The second-order valence-corrected chi connectivity index (χ2v) is 6.83. The number of nitrogens with zero attached hydrogens (tertiary/aromatic N) is 1. The number of piperazine rings is 1. The molecule has 2 aliphatic heterocycles. The van der Waals surface area contributed by atoms with Crippen LogP contribution in [0.4, 0.5) is 0 Å². The van der Waals surface area contributed by atoms with Gasteiger partial charge in [0.25, 0.3) is 0 Å². The molecule has 3 atom stereocenters. The third-order valence-electron chi connectivity index (χ3n) is 4.59. The lowest BCUT2D eigenvalue weighted by molar-refractivity contribution is 0.0200. The normalized spacial score (nSPS) is 33.8. The highest BCUT2D eigenvalue weighted by Crippen LogP contribution is 2.20. The molecule has 112 valence electrons. The third-order valence-corrected chi connectivity index (χ3v) is 4.59. The smallest absolute Gasteiger partial charge is 0.0506 e. The first-order valence-corrected chi connectivity index (χ1v) is 8.24. The van der Waals surface area contributed by atoms with Crippen LogP contribution >= 0.6 is 0 Å². The molecule has 2 aliphatic rings. The average Bonchev–Trinajstić information content (AvgIpc) is 2.39. The molecule has 3 heteroatoms. The predicted octanol–water partition coefficient (Wildman–Crippen LogP) is 2.51. The average molecular weight is 268 g/mol. The van der Waals surface area contributed by atoms with E-state index >= 15 is 0 Å². The Balaban J connectivity index is 1.85. The molecule has 19 heavy (non-hydrogen) atoms. The van der Waals surface area contributed by atoms with Crippen molar-refractivity contribution in [1.82, 2.24) is 10.2 Å². The van der Waals surface area contributed by atoms with Crippen LogP contribution in [0.1, 0.15) is 46.5 Å². The van der Waals surface area contributed by atoms with Gasteiger partial charge < -0.3 is 10.1 Å². The Morgan fingerprint density at radius 1 is 1.37 bits per heavy atom. The maximum absolute atomic E-state index is 5.64. The Hall–Kier alpha value is -0.120. The maximum Gasteiger partial charge on any atom is 0.0506 e. The standard InChI is InChI=1S/C16H32N2O/c1-4-16-9-17-15(8-13(2)3)11-18(16)10-14-6-5-7-19-12-14/h13-17H,4-12H2,1-3H3. The van der Waals surface area contributed by atoms with Gasteiger partial charge in [-0.15, -0.1) is 0 Å². The van der Waals surface area contributed by atoms with Gasteiger partial charge in [-0.2, -0.15) is 0 Å². The van der Waals surface area contributed by atoms with Gasteiger partial charge >= 0.3 is 0 Å². The van der Waals surface area contributed by atoms with Gasteiger partial charge in [0.15, 0.2) is 0 Å². The maximum atomic E-state index is 5.64. The topological polar surface area (TPSA) is 24.5 Å². The first-order chi connectivity index (χ1) is 9.19. The monoisotopic (exact) mass is 268 g/mol. The van der Waals surface area contributed by atoms with Crippen molar-refractivity contribution in [3.05, 3.63) is 0 Å². The van der Waals surface area contributed by atoms with Crippen LogP contribution in [0.2, 0.25) is 0 Å². The summed E-state index contributed by atoms with van der Waals surface area (Å²) >= 11 is 0. The Morgan fingerprint density at radius 3 is 2.84 bits per heavy atom. The van der Waals surface area contributed by atoms with Gasteiger partial charge in [-0.05, 0) is 37.5 Å². The molecule has 0 aromatic rings. The lowest BCUT2D eigenvalue weighted by Gasteiger charge is -2.42. The number of rotatable bonds is 5. The van der Waals surface area contributed by atoms with Crippen LogP contribution in [0, 0.1) is 11.8 Å². The van der Waals surface area contributed by atoms with Crippen molar-refractivity contribution < 1.29 is 4.74 Å². The minimum absolute atomic E-state index is 0.687. The Labute approximate surface area is 119 Å². The second-order valence-electron chi connectivity index (χ2n) is 6.83. The van der Waals surface area contributed by atoms with E-state index in [4.69, 9.17) is 4.74 Å². The zero-order valence-corrected chi connectivity index (χ0v) is 13.0. The van der Waals surface area contributed by atoms with Crippen LogP contribution in [-0.2, 0) is 4.74 Å². The van der Waals surface area contributed by atoms with Gasteiger partial charge in [0.2, 0.25) is 0 Å². The van der Waals surface area contributed by atoms with E-state index in [-0.39, 0.29) is 0 Å². The first-order valence-electron chi connectivity index (χ1n) is 8.24. The van der Waals surface area contributed by atoms with E-state index in [9.17, 15) is 0 Å². The summed E-state index contributed by atoms with van der Waals surface area (Å²) < 4.78 is 5.64. The van der Waals surface area contributed by atoms with Crippen molar-refractivity contribution in [3.63, 3.8) is 0 Å². The highest BCUT2D eigenvalue weighted by Gasteiger charge is 2.29. The third kappa shape index (κ3) is 4.73. The minimum atomic E-state index is 0.687. The summed E-state index contributed by atoms with van der Waals surface area (Å²) in [6, 6.07) is 1.41. The van der Waals surface area contributed by atoms with E-state index in [1.54, 1.807) is 0 Å². The summed E-state index contributed by atoms with van der Waals surface area (Å²) in [4.78, 5) is 2.74. The zero-order chi connectivity index (χ0) is 13.7. The highest BCUT2D eigenvalue weighted by molar-refractivity contribution is 4.87. The molecular weight excluding hydrogens is 236 g/mol. The molecule has 0 aromatic carbocycles. The molecule has 0 bridgehead atoms. The van der Waals surface area contributed by atoms with E-state index < -0.39 is 0 Å². The van der Waals surface area contributed by atoms with Crippen molar-refractivity contribution >= 4 is 0 Å². The minimum Gasteiger partial charge on any atom is -0.381 e. The summed E-state index contributed by atoms with van der Waals surface area (Å²) in [5, 5.41) is 3.75. The summed E-state index contributed by atoms with van der Waals surface area (Å²) in [7, 11) is 0. The molecule has 1 N–H and O–H groups in total. The second kappa shape index (κ2) is 7.61. The summed E-state index contributed by atoms with van der Waals surface area (Å²) in [5.74, 6) is 1.55. The predicted molar refractivity (Wildman–Crippen MR) is 80.4 cm³/mol. The fourth-order valence-electron chi connectivity index (χ4n) is 3.56. The SMILES string of the molecule is CCC1CNC(CC(C)C)CN1CC1CCCOC1. The zero-order valence-electron chi connectivity index (χ0n) is 13.0. The van der Waals surface area contributed by atoms with Gasteiger partial charge in [0, 0.05) is 38.3 Å². The number of nitrogens with one attached hydrogen (secondary N) is 1. The van der Waals surface area contributed by atoms with Gasteiger partial charge in [0.1, 0.15) is 0 Å². The molecule has 0 amide bonds. The molecule has 3 unspecified atom stereocenters. The summed E-state index contributed by atoms with van der Waals surface area (Å²) in [6.07, 6.45) is 5.17. The first kappa shape index (κ1) is 15.3. The van der Waals surface area contributed by atoms with Crippen LogP contribution in [0.5, 0.6) is 0 Å². The van der Waals surface area contributed by atoms with Crippen molar-refractivity contribution in [2.24, 2.45) is 11.8 Å². The van der Waals surface area contributed by atoms with Crippen LogP contribution in [-0.4, -0.2) is 49.8 Å². The highest BCUT2D eigenvalue weighted by atomic mass is 16.5. The van der Waals surface area contributed by atoms with E-state index in [0.717, 1.165) is 31.1 Å². The van der Waals surface area contributed by atoms with E-state index in [0.29, 0.717) is 6.04 Å². The molecule has 2 heterocycles. The van der Waals surface area contributed by atoms with Gasteiger partial charge in [-0.3, -0.25) is 4.90 Å². The Bertz CT molecular complexity index is 251. The van der Waals surface area contributed by atoms with Gasteiger partial charge in [-0.25, -0.2) is 0 Å². The molecule has 3 nitrogen and oxygen atoms in total. The molecule has 2 fully saturated rings. The summed E-state index contributed by atoms with van der Waals surface area (Å²) in [6.45, 7) is 12.6. The van der Waals surface area contributed by atoms with Crippen molar-refractivity contribution in [1.29, 1.82) is 0 Å². The molecular formula is C16H32N2O. The number of hydrogen-bond acceptors (Lipinski definition) is 3. The largest absolute Gasteiger partial charge is 0.381 e. The van der Waals surface area contributed by atoms with Crippen LogP contribution < -0.4 is 5.32 Å². The molecule has 0 spiro atoms. The van der Waals surface area contributed by atoms with Gasteiger partial charge in [-0.1, -0.05) is 20.8 Å². The lowest BCUT2D eigenvalue weighted by Crippen LogP contribution is -2.57. The fourth-order valence-corrected chi connectivity index (χ4v) is 3.56. The molecule has 0 aliphatic carbocycles. The Morgan fingerprint density at radius 2 is 2.21 bits per heavy atom. The van der Waals surface area contributed by atoms with Crippen molar-refractivity contribution in [2.45, 2.75) is 58.5 Å². The van der Waals surface area contributed by atoms with E-state index in [1.807, 2.05) is 0 Å². The van der Waals surface area contributed by atoms with Crippen molar-refractivity contribution in [3.8, 4) is 0 Å². The van der Waals surface area contributed by atoms with Gasteiger partial charge in [0.05, 0.1) is 6.61 Å². The van der Waals surface area contributed by atoms with E-state index in [1.165, 1.54) is 45.3 Å². The Kier molecular flexibility index (Phi) is 6.11. The molecule has 0 saturated carbocycles. The fraction of sp³-hybridized carbons (Fsp3) is 1.00.